The summed E-state index contributed by atoms with van der Waals surface area (Å²) < 4.78 is 26.0. The van der Waals surface area contributed by atoms with Gasteiger partial charge in [-0.2, -0.15) is 15.0 Å². The van der Waals surface area contributed by atoms with Gasteiger partial charge in [-0.3, -0.25) is 0 Å². The lowest BCUT2D eigenvalue weighted by Crippen LogP contribution is -2.04. The fraction of sp³-hybridized carbons (Fsp3) is 0. The summed E-state index contributed by atoms with van der Waals surface area (Å²) in [7, 11) is 0. The Bertz CT molecular complexity index is 543. The summed E-state index contributed by atoms with van der Waals surface area (Å²) in [5.41, 5.74) is 5.34. The Morgan fingerprint density at radius 2 is 1.94 bits per heavy atom. The van der Waals surface area contributed by atoms with Gasteiger partial charge in [-0.1, -0.05) is 0 Å². The third-order valence-electron chi connectivity index (χ3n) is 1.80. The molecule has 0 aliphatic heterocycles. The number of aromatic nitrogens is 3. The van der Waals surface area contributed by atoms with Crippen molar-refractivity contribution in [2.45, 2.75) is 0 Å². The molecule has 0 unspecified atom stereocenters. The van der Waals surface area contributed by atoms with Gasteiger partial charge in [0.15, 0.2) is 0 Å². The summed E-state index contributed by atoms with van der Waals surface area (Å²) in [6.45, 7) is 0. The van der Waals surface area contributed by atoms with E-state index >= 15 is 0 Å². The highest BCUT2D eigenvalue weighted by atomic mass is 35.5. The van der Waals surface area contributed by atoms with E-state index < -0.39 is 11.6 Å². The summed E-state index contributed by atoms with van der Waals surface area (Å²) in [5, 5.41) is 2.39. The summed E-state index contributed by atoms with van der Waals surface area (Å²) in [6.07, 6.45) is 0. The number of nitrogens with two attached hydrogens (primary N) is 1. The lowest BCUT2D eigenvalue weighted by Gasteiger charge is -2.06. The van der Waals surface area contributed by atoms with Crippen molar-refractivity contribution in [1.82, 2.24) is 15.0 Å². The number of anilines is 3. The molecule has 8 heteroatoms. The van der Waals surface area contributed by atoms with E-state index in [1.807, 2.05) is 0 Å². The molecule has 0 saturated heterocycles. The molecule has 2 rings (SSSR count). The van der Waals surface area contributed by atoms with Crippen LogP contribution in [0, 0.1) is 11.6 Å². The second-order valence-corrected chi connectivity index (χ2v) is 3.37. The van der Waals surface area contributed by atoms with Gasteiger partial charge in [-0.15, -0.1) is 0 Å². The van der Waals surface area contributed by atoms with Crippen LogP contribution in [0.3, 0.4) is 0 Å². The zero-order chi connectivity index (χ0) is 12.4. The van der Waals surface area contributed by atoms with Crippen molar-refractivity contribution in [2.75, 3.05) is 11.1 Å². The number of halogens is 3. The fourth-order valence-corrected chi connectivity index (χ4v) is 1.30. The van der Waals surface area contributed by atoms with Crippen LogP contribution in [0.1, 0.15) is 0 Å². The number of hydrogen-bond donors (Lipinski definition) is 2. The largest absolute Gasteiger partial charge is 0.368 e. The van der Waals surface area contributed by atoms with E-state index in [9.17, 15) is 8.78 Å². The summed E-state index contributed by atoms with van der Waals surface area (Å²) in [6, 6.07) is 3.03. The number of nitrogens with one attached hydrogen (secondary N) is 1. The fourth-order valence-electron chi connectivity index (χ4n) is 1.13. The maximum absolute atomic E-state index is 13.3. The summed E-state index contributed by atoms with van der Waals surface area (Å²) in [5.74, 6) is -1.58. The van der Waals surface area contributed by atoms with E-state index in [0.717, 1.165) is 12.1 Å². The molecule has 0 aliphatic carbocycles. The normalized spacial score (nSPS) is 10.3. The number of rotatable bonds is 2. The topological polar surface area (TPSA) is 76.7 Å². The SMILES string of the molecule is Nc1nc(Cl)nc(Nc2ccc(F)cc2F)n1. The minimum atomic E-state index is -0.778. The molecule has 0 spiro atoms. The van der Waals surface area contributed by atoms with Crippen LogP contribution in [0.4, 0.5) is 26.4 Å². The molecule has 3 N–H and O–H groups in total. The van der Waals surface area contributed by atoms with Gasteiger partial charge < -0.3 is 11.1 Å². The van der Waals surface area contributed by atoms with Gasteiger partial charge >= 0.3 is 0 Å². The van der Waals surface area contributed by atoms with Gasteiger partial charge in [-0.05, 0) is 23.7 Å². The van der Waals surface area contributed by atoms with Crippen LogP contribution in [-0.2, 0) is 0 Å². The maximum atomic E-state index is 13.3. The van der Waals surface area contributed by atoms with Gasteiger partial charge in [0.1, 0.15) is 11.6 Å². The summed E-state index contributed by atoms with van der Waals surface area (Å²) >= 11 is 5.55. The molecular weight excluding hydrogens is 252 g/mol. The molecule has 1 aromatic carbocycles. The van der Waals surface area contributed by atoms with Gasteiger partial charge in [-0.25, -0.2) is 8.78 Å². The molecule has 1 aromatic heterocycles. The molecule has 0 bridgehead atoms. The van der Waals surface area contributed by atoms with Crippen LogP contribution in [0.2, 0.25) is 5.28 Å². The first-order valence-corrected chi connectivity index (χ1v) is 4.81. The first-order valence-electron chi connectivity index (χ1n) is 4.44. The second-order valence-electron chi connectivity index (χ2n) is 3.04. The molecule has 0 amide bonds. The van der Waals surface area contributed by atoms with E-state index in [4.69, 9.17) is 17.3 Å². The van der Waals surface area contributed by atoms with Crippen LogP contribution in [0.5, 0.6) is 0 Å². The summed E-state index contributed by atoms with van der Waals surface area (Å²) in [4.78, 5) is 10.9. The average Bonchev–Trinajstić information content (AvgIpc) is 2.21. The molecule has 2 aromatic rings. The van der Waals surface area contributed by atoms with E-state index in [1.54, 1.807) is 0 Å². The molecule has 0 fully saturated rings. The van der Waals surface area contributed by atoms with Crippen molar-refractivity contribution in [3.8, 4) is 0 Å². The predicted molar refractivity (Wildman–Crippen MR) is 58.9 cm³/mol. The quantitative estimate of drug-likeness (QED) is 0.862. The maximum Gasteiger partial charge on any atom is 0.233 e. The average molecular weight is 258 g/mol. The number of nitrogens with zero attached hydrogens (tertiary/aromatic N) is 3. The standard InChI is InChI=1S/C9H6ClF2N5/c10-7-15-8(13)17-9(16-7)14-6-2-1-4(11)3-5(6)12/h1-3H,(H3,13,14,15,16,17). The minimum absolute atomic E-state index is 0.00747. The molecule has 17 heavy (non-hydrogen) atoms. The van der Waals surface area contributed by atoms with E-state index in [-0.39, 0.29) is 22.9 Å². The molecule has 5 nitrogen and oxygen atoms in total. The Kier molecular flexibility index (Phi) is 3.01. The van der Waals surface area contributed by atoms with Gasteiger partial charge in [0.25, 0.3) is 0 Å². The van der Waals surface area contributed by atoms with Gasteiger partial charge in [0, 0.05) is 6.07 Å². The van der Waals surface area contributed by atoms with Crippen molar-refractivity contribution in [2.24, 2.45) is 0 Å². The van der Waals surface area contributed by atoms with Crippen LogP contribution < -0.4 is 11.1 Å². The molecular formula is C9H6ClF2N5. The Morgan fingerprint density at radius 3 is 2.59 bits per heavy atom. The molecule has 1 heterocycles. The molecule has 0 saturated carbocycles. The first-order chi connectivity index (χ1) is 8.04. The number of benzene rings is 1. The minimum Gasteiger partial charge on any atom is -0.368 e. The molecule has 0 aliphatic rings. The Morgan fingerprint density at radius 1 is 1.18 bits per heavy atom. The van der Waals surface area contributed by atoms with Crippen LogP contribution >= 0.6 is 11.6 Å². The zero-order valence-electron chi connectivity index (χ0n) is 8.28. The zero-order valence-corrected chi connectivity index (χ0v) is 9.04. The van der Waals surface area contributed by atoms with Crippen LogP contribution in [0.15, 0.2) is 18.2 Å². The Hall–Kier alpha value is -2.02. The second kappa shape index (κ2) is 4.46. The lowest BCUT2D eigenvalue weighted by molar-refractivity contribution is 0.586. The predicted octanol–water partition coefficient (Wildman–Crippen LogP) is 2.13. The monoisotopic (exact) mass is 257 g/mol. The highest BCUT2D eigenvalue weighted by Crippen LogP contribution is 2.19. The van der Waals surface area contributed by atoms with Crippen LogP contribution in [0.25, 0.3) is 0 Å². The third kappa shape index (κ3) is 2.76. The van der Waals surface area contributed by atoms with Crippen molar-refractivity contribution in [1.29, 1.82) is 0 Å². The van der Waals surface area contributed by atoms with Gasteiger partial charge in [0.2, 0.25) is 17.2 Å². The van der Waals surface area contributed by atoms with Crippen molar-refractivity contribution in [3.63, 3.8) is 0 Å². The highest BCUT2D eigenvalue weighted by molar-refractivity contribution is 6.28. The van der Waals surface area contributed by atoms with Crippen molar-refractivity contribution in [3.05, 3.63) is 35.1 Å². The van der Waals surface area contributed by atoms with Crippen molar-refractivity contribution >= 4 is 29.2 Å². The van der Waals surface area contributed by atoms with E-state index in [0.29, 0.717) is 0 Å². The van der Waals surface area contributed by atoms with Crippen LogP contribution in [-0.4, -0.2) is 15.0 Å². The smallest absolute Gasteiger partial charge is 0.233 e. The lowest BCUT2D eigenvalue weighted by atomic mass is 10.3. The number of nitrogen functional groups attached to an aromatic ring is 1. The highest BCUT2D eigenvalue weighted by Gasteiger charge is 2.07. The van der Waals surface area contributed by atoms with Crippen molar-refractivity contribution < 1.29 is 8.78 Å². The molecule has 88 valence electrons. The van der Waals surface area contributed by atoms with E-state index in [2.05, 4.69) is 20.3 Å². The molecule has 0 atom stereocenters. The molecule has 0 radical (unpaired) electrons. The Labute approximate surface area is 99.7 Å². The van der Waals surface area contributed by atoms with Gasteiger partial charge in [0.05, 0.1) is 5.69 Å². The van der Waals surface area contributed by atoms with E-state index in [1.165, 1.54) is 6.07 Å². The number of hydrogen-bond acceptors (Lipinski definition) is 5. The first kappa shape index (κ1) is 11.5. The Balaban J connectivity index is 2.31. The third-order valence-corrected chi connectivity index (χ3v) is 1.97.